The highest BCUT2D eigenvalue weighted by molar-refractivity contribution is 6.36. The van der Waals surface area contributed by atoms with Crippen LogP contribution < -0.4 is 5.32 Å². The fourth-order valence-electron chi connectivity index (χ4n) is 9.51. The summed E-state index contributed by atoms with van der Waals surface area (Å²) in [7, 11) is 0. The van der Waals surface area contributed by atoms with Crippen molar-refractivity contribution in [2.75, 3.05) is 0 Å². The third-order valence-corrected chi connectivity index (χ3v) is 12.8. The average Bonchev–Trinajstić information content (AvgIpc) is 3.76. The van der Waals surface area contributed by atoms with Gasteiger partial charge in [0, 0.05) is 55.5 Å². The molecule has 2 aromatic heterocycles. The number of benzene rings is 9. The molecule has 5 nitrogen and oxygen atoms in total. The van der Waals surface area contributed by atoms with Crippen LogP contribution in [-0.4, -0.2) is 20.2 Å². The third-order valence-electron chi connectivity index (χ3n) is 12.8. The molecule has 0 atom stereocenters. The topological polar surface area (TPSA) is 66.6 Å². The van der Waals surface area contributed by atoms with Gasteiger partial charge in [0.2, 0.25) is 0 Å². The van der Waals surface area contributed by atoms with Crippen molar-refractivity contribution in [1.82, 2.24) is 19.9 Å². The molecule has 1 aliphatic heterocycles. The highest BCUT2D eigenvalue weighted by atomic mass is 15.0. The first kappa shape index (κ1) is 40.3. The molecular weight excluding hydrogens is 827 g/mol. The van der Waals surface area contributed by atoms with E-state index in [-0.39, 0.29) is 0 Å². The molecule has 0 aliphatic carbocycles. The number of aromatic nitrogens is 3. The van der Waals surface area contributed by atoms with Crippen LogP contribution in [0.5, 0.6) is 0 Å². The van der Waals surface area contributed by atoms with Crippen molar-refractivity contribution in [2.24, 2.45) is 0 Å². The van der Waals surface area contributed by atoms with Gasteiger partial charge in [-0.1, -0.05) is 200 Å². The minimum Gasteiger partial charge on any atom is -0.354 e. The van der Waals surface area contributed by atoms with Crippen LogP contribution in [0.25, 0.3) is 95.6 Å². The van der Waals surface area contributed by atoms with E-state index in [0.29, 0.717) is 11.5 Å². The van der Waals surface area contributed by atoms with E-state index in [4.69, 9.17) is 9.97 Å². The van der Waals surface area contributed by atoms with Crippen LogP contribution in [0.1, 0.15) is 27.8 Å². The van der Waals surface area contributed by atoms with Crippen molar-refractivity contribution in [3.8, 4) is 50.7 Å². The first-order chi connectivity index (χ1) is 33.6. The number of para-hydroxylation sites is 2. The van der Waals surface area contributed by atoms with Crippen molar-refractivity contribution < 1.29 is 0 Å². The van der Waals surface area contributed by atoms with Crippen LogP contribution in [0.2, 0.25) is 0 Å². The van der Waals surface area contributed by atoms with E-state index < -0.39 is 0 Å². The summed E-state index contributed by atoms with van der Waals surface area (Å²) in [4.78, 5) is 10.5. The van der Waals surface area contributed by atoms with Crippen LogP contribution in [0, 0.1) is 5.41 Å². The van der Waals surface area contributed by atoms with Gasteiger partial charge < -0.3 is 9.88 Å². The molecule has 5 heteroatoms. The maximum absolute atomic E-state index is 9.74. The van der Waals surface area contributed by atoms with Crippen molar-refractivity contribution in [3.05, 3.63) is 270 Å². The number of rotatable bonds is 9. The molecule has 0 saturated carbocycles. The summed E-state index contributed by atoms with van der Waals surface area (Å²) in [6, 6.07) is 84.2. The molecule has 0 bridgehead atoms. The molecular formula is C63H43N5. The van der Waals surface area contributed by atoms with Gasteiger partial charge in [0.25, 0.3) is 0 Å². The van der Waals surface area contributed by atoms with E-state index in [1.54, 1.807) is 0 Å². The Bertz CT molecular complexity index is 3690. The predicted octanol–water partition coefficient (Wildman–Crippen LogP) is 15.3. The highest BCUT2D eigenvalue weighted by Crippen LogP contribution is 2.39. The standard InChI is InChI=1S/C63H43N5/c64-61(46-24-11-4-12-25-46)60(45-22-9-3-10-23-45)62-54-39-48(32-33-49(54)40-55(65-62)42-18-5-1-6-19-42)47-26-17-27-50(38-47)63-66-56(43-20-7-2-8-21-43)41-57(67-63)44-34-36-51(37-35-44)68-58-30-15-13-28-52(58)53-29-14-16-31-59(53)68/h1-41,64-65H/b62-60-,64-61?. The zero-order valence-electron chi connectivity index (χ0n) is 37.0. The molecule has 9 aromatic carbocycles. The molecule has 0 amide bonds. The summed E-state index contributed by atoms with van der Waals surface area (Å²) >= 11 is 0. The van der Waals surface area contributed by atoms with Gasteiger partial charge in [0.1, 0.15) is 0 Å². The lowest BCUT2D eigenvalue weighted by atomic mass is 9.86. The summed E-state index contributed by atoms with van der Waals surface area (Å²) < 4.78 is 2.34. The Morgan fingerprint density at radius 3 is 1.56 bits per heavy atom. The van der Waals surface area contributed by atoms with E-state index in [1.165, 1.54) is 21.8 Å². The van der Waals surface area contributed by atoms with Crippen LogP contribution in [0.3, 0.4) is 0 Å². The number of hydrogen-bond acceptors (Lipinski definition) is 4. The Kier molecular flexibility index (Phi) is 10.3. The van der Waals surface area contributed by atoms with E-state index in [2.05, 4.69) is 186 Å². The first-order valence-corrected chi connectivity index (χ1v) is 22.9. The minimum absolute atomic E-state index is 0.444. The molecule has 0 saturated heterocycles. The molecule has 320 valence electrons. The van der Waals surface area contributed by atoms with Crippen molar-refractivity contribution >= 4 is 50.6 Å². The summed E-state index contributed by atoms with van der Waals surface area (Å²) in [5.74, 6) is 0.646. The fourth-order valence-corrected chi connectivity index (χ4v) is 9.51. The Labute approximate surface area is 395 Å². The fraction of sp³-hybridized carbons (Fsp3) is 0. The Balaban J connectivity index is 0.971. The van der Waals surface area contributed by atoms with Gasteiger partial charge in [-0.25, -0.2) is 9.97 Å². The van der Waals surface area contributed by atoms with Gasteiger partial charge in [-0.05, 0) is 76.4 Å². The van der Waals surface area contributed by atoms with Crippen LogP contribution in [0.15, 0.2) is 243 Å². The molecule has 0 unspecified atom stereocenters. The number of nitrogens with one attached hydrogen (secondary N) is 2. The van der Waals surface area contributed by atoms with Gasteiger partial charge >= 0.3 is 0 Å². The summed E-state index contributed by atoms with van der Waals surface area (Å²) in [5, 5.41) is 16.1. The third kappa shape index (κ3) is 7.48. The van der Waals surface area contributed by atoms with Gasteiger partial charge in [0.05, 0.1) is 33.8 Å². The van der Waals surface area contributed by atoms with Crippen LogP contribution >= 0.6 is 0 Å². The Hall–Kier alpha value is -9.19. The summed E-state index contributed by atoms with van der Waals surface area (Å²) in [6.45, 7) is 0. The second-order valence-electron chi connectivity index (χ2n) is 17.0. The maximum Gasteiger partial charge on any atom is 0.160 e. The molecule has 0 spiro atoms. The largest absolute Gasteiger partial charge is 0.354 e. The molecule has 0 radical (unpaired) electrons. The van der Waals surface area contributed by atoms with E-state index in [9.17, 15) is 5.41 Å². The zero-order valence-corrected chi connectivity index (χ0v) is 37.0. The van der Waals surface area contributed by atoms with Crippen molar-refractivity contribution in [2.45, 2.75) is 0 Å². The van der Waals surface area contributed by atoms with Gasteiger partial charge in [0.15, 0.2) is 5.82 Å². The quantitative estimate of drug-likeness (QED) is 0.142. The molecule has 11 aromatic rings. The number of fused-ring (bicyclic) bond motifs is 4. The number of hydrogen-bond donors (Lipinski definition) is 2. The molecule has 0 fully saturated rings. The smallest absolute Gasteiger partial charge is 0.160 e. The minimum atomic E-state index is 0.444. The summed E-state index contributed by atoms with van der Waals surface area (Å²) in [5.41, 5.74) is 18.3. The zero-order chi connectivity index (χ0) is 45.4. The van der Waals surface area contributed by atoms with E-state index in [0.717, 1.165) is 89.7 Å². The normalized spacial score (nSPS) is 12.9. The highest BCUT2D eigenvalue weighted by Gasteiger charge is 2.25. The SMILES string of the molecule is N=C(/C(=C1\NC(c2ccccc2)=Cc2ccc(-c3cccc(-c4nc(-c5ccccc5)cc(-c5ccc(-n6c7ccccc7c7ccccc76)cc5)n4)c3)cc21)c1ccccc1)c1ccccc1. The second-order valence-corrected chi connectivity index (χ2v) is 17.0. The molecule has 12 rings (SSSR count). The van der Waals surface area contributed by atoms with Crippen LogP contribution in [0.4, 0.5) is 0 Å². The Morgan fingerprint density at radius 2 is 0.912 bits per heavy atom. The molecule has 68 heavy (non-hydrogen) atoms. The predicted molar refractivity (Wildman–Crippen MR) is 282 cm³/mol. The van der Waals surface area contributed by atoms with Gasteiger partial charge in [-0.15, -0.1) is 0 Å². The lowest BCUT2D eigenvalue weighted by Gasteiger charge is -2.27. The average molecular weight is 870 g/mol. The molecule has 3 heterocycles. The second kappa shape index (κ2) is 17.3. The molecule has 1 aliphatic rings. The van der Waals surface area contributed by atoms with Crippen molar-refractivity contribution in [1.29, 1.82) is 5.41 Å². The molecule has 2 N–H and O–H groups in total. The Morgan fingerprint density at radius 1 is 0.412 bits per heavy atom. The van der Waals surface area contributed by atoms with Gasteiger partial charge in [-0.2, -0.15) is 0 Å². The van der Waals surface area contributed by atoms with Crippen molar-refractivity contribution in [3.63, 3.8) is 0 Å². The number of nitrogens with zero attached hydrogens (tertiary/aromatic N) is 3. The van der Waals surface area contributed by atoms with E-state index in [1.807, 2.05) is 72.8 Å². The summed E-state index contributed by atoms with van der Waals surface area (Å²) in [6.07, 6.45) is 2.21. The maximum atomic E-state index is 9.74. The monoisotopic (exact) mass is 869 g/mol. The lowest BCUT2D eigenvalue weighted by Crippen LogP contribution is -2.20. The van der Waals surface area contributed by atoms with Gasteiger partial charge in [-0.3, -0.25) is 5.41 Å². The lowest BCUT2D eigenvalue weighted by molar-refractivity contribution is 1.17. The van der Waals surface area contributed by atoms with Crippen LogP contribution in [-0.2, 0) is 0 Å². The first-order valence-electron chi connectivity index (χ1n) is 22.9. The number of allylic oxidation sites excluding steroid dienone is 1. The van der Waals surface area contributed by atoms with E-state index >= 15 is 0 Å².